The lowest BCUT2D eigenvalue weighted by atomic mass is 10.2. The van der Waals surface area contributed by atoms with E-state index in [0.29, 0.717) is 10.8 Å². The van der Waals surface area contributed by atoms with E-state index in [1.807, 2.05) is 19.1 Å². The highest BCUT2D eigenvalue weighted by Crippen LogP contribution is 2.18. The van der Waals surface area contributed by atoms with E-state index >= 15 is 0 Å². The summed E-state index contributed by atoms with van der Waals surface area (Å²) >= 11 is 5.81. The van der Waals surface area contributed by atoms with Crippen molar-refractivity contribution in [1.29, 1.82) is 0 Å². The number of halogens is 1. The summed E-state index contributed by atoms with van der Waals surface area (Å²) in [6.07, 6.45) is 5.05. The zero-order valence-corrected chi connectivity index (χ0v) is 9.16. The molecule has 0 aromatic heterocycles. The molecule has 3 nitrogen and oxygen atoms in total. The molecule has 15 heavy (non-hydrogen) atoms. The van der Waals surface area contributed by atoms with Crippen LogP contribution in [0.1, 0.15) is 6.92 Å². The lowest BCUT2D eigenvalue weighted by Crippen LogP contribution is -2.44. The van der Waals surface area contributed by atoms with Crippen molar-refractivity contribution in [3.05, 3.63) is 29.3 Å². The van der Waals surface area contributed by atoms with Crippen LogP contribution >= 0.6 is 11.6 Å². The van der Waals surface area contributed by atoms with Crippen LogP contribution in [0.5, 0.6) is 5.75 Å². The molecule has 0 saturated heterocycles. The van der Waals surface area contributed by atoms with Gasteiger partial charge in [-0.15, -0.1) is 6.42 Å². The maximum absolute atomic E-state index is 5.81. The Morgan fingerprint density at radius 3 is 2.87 bits per heavy atom. The molecule has 3 N–H and O–H groups in total. The van der Waals surface area contributed by atoms with Crippen LogP contribution in [-0.4, -0.2) is 12.1 Å². The molecule has 1 rings (SSSR count). The Morgan fingerprint density at radius 2 is 2.33 bits per heavy atom. The van der Waals surface area contributed by atoms with Crippen LogP contribution in [0.3, 0.4) is 0 Å². The van der Waals surface area contributed by atoms with Crippen molar-refractivity contribution in [3.8, 4) is 18.1 Å². The average Bonchev–Trinajstić information content (AvgIpc) is 2.19. The number of hydrogen-bond donors (Lipinski definition) is 2. The molecule has 0 aliphatic carbocycles. The topological polar surface area (TPSA) is 47.3 Å². The number of hydrazine groups is 1. The minimum Gasteiger partial charge on any atom is -0.488 e. The van der Waals surface area contributed by atoms with Crippen LogP contribution < -0.4 is 16.0 Å². The summed E-state index contributed by atoms with van der Waals surface area (Å²) < 4.78 is 5.57. The van der Waals surface area contributed by atoms with E-state index in [2.05, 4.69) is 11.3 Å². The molecular formula is C11H13ClN2O. The van der Waals surface area contributed by atoms with E-state index in [1.54, 1.807) is 12.1 Å². The molecule has 0 heterocycles. The van der Waals surface area contributed by atoms with E-state index in [4.69, 9.17) is 28.6 Å². The highest BCUT2D eigenvalue weighted by molar-refractivity contribution is 6.30. The van der Waals surface area contributed by atoms with Gasteiger partial charge in [-0.2, -0.15) is 0 Å². The number of ether oxygens (including phenoxy) is 1. The van der Waals surface area contributed by atoms with Gasteiger partial charge in [-0.3, -0.25) is 5.84 Å². The van der Waals surface area contributed by atoms with Gasteiger partial charge in [0.05, 0.1) is 0 Å². The Hall–Kier alpha value is -1.21. The lowest BCUT2D eigenvalue weighted by Gasteiger charge is -2.19. The van der Waals surface area contributed by atoms with Crippen molar-refractivity contribution in [3.63, 3.8) is 0 Å². The molecule has 0 saturated carbocycles. The molecule has 2 atom stereocenters. The molecule has 1 aromatic carbocycles. The number of terminal acetylenes is 1. The fraction of sp³-hybridized carbons (Fsp3) is 0.273. The van der Waals surface area contributed by atoms with Crippen LogP contribution in [0, 0.1) is 12.3 Å². The maximum atomic E-state index is 5.81. The van der Waals surface area contributed by atoms with Gasteiger partial charge < -0.3 is 4.74 Å². The normalized spacial score (nSPS) is 14.0. The molecule has 0 amide bonds. The average molecular weight is 225 g/mol. The minimum absolute atomic E-state index is 0.224. The third-order valence-corrected chi connectivity index (χ3v) is 2.18. The Labute approximate surface area is 94.5 Å². The van der Waals surface area contributed by atoms with Gasteiger partial charge >= 0.3 is 0 Å². The molecule has 2 unspecified atom stereocenters. The monoisotopic (exact) mass is 224 g/mol. The predicted molar refractivity (Wildman–Crippen MR) is 61.5 cm³/mol. The molecule has 0 bridgehead atoms. The van der Waals surface area contributed by atoms with Crippen LogP contribution in [0.25, 0.3) is 0 Å². The first-order valence-corrected chi connectivity index (χ1v) is 4.89. The van der Waals surface area contributed by atoms with Crippen molar-refractivity contribution < 1.29 is 4.74 Å². The summed E-state index contributed by atoms with van der Waals surface area (Å²) in [5.74, 6) is 8.43. The van der Waals surface area contributed by atoms with Gasteiger partial charge in [-0.1, -0.05) is 23.6 Å². The number of rotatable bonds is 4. The summed E-state index contributed by atoms with van der Waals surface area (Å²) in [5.41, 5.74) is 2.49. The van der Waals surface area contributed by atoms with Gasteiger partial charge in [-0.25, -0.2) is 5.43 Å². The zero-order valence-electron chi connectivity index (χ0n) is 8.41. The Morgan fingerprint density at radius 1 is 1.60 bits per heavy atom. The van der Waals surface area contributed by atoms with E-state index in [-0.39, 0.29) is 12.1 Å². The van der Waals surface area contributed by atoms with Gasteiger partial charge in [0.15, 0.2) is 0 Å². The Bertz CT molecular complexity index is 362. The molecular weight excluding hydrogens is 212 g/mol. The van der Waals surface area contributed by atoms with Crippen LogP contribution in [0.4, 0.5) is 0 Å². The smallest absolute Gasteiger partial charge is 0.124 e. The molecule has 0 fully saturated rings. The fourth-order valence-corrected chi connectivity index (χ4v) is 1.32. The quantitative estimate of drug-likeness (QED) is 0.464. The number of nitrogens with two attached hydrogens (primary N) is 1. The van der Waals surface area contributed by atoms with Crippen molar-refractivity contribution in [2.45, 2.75) is 19.1 Å². The summed E-state index contributed by atoms with van der Waals surface area (Å²) in [4.78, 5) is 0. The molecule has 0 aliphatic heterocycles. The first-order chi connectivity index (χ1) is 7.17. The van der Waals surface area contributed by atoms with Crippen LogP contribution in [-0.2, 0) is 0 Å². The number of hydrogen-bond acceptors (Lipinski definition) is 3. The van der Waals surface area contributed by atoms with Crippen molar-refractivity contribution >= 4 is 11.6 Å². The summed E-state index contributed by atoms with van der Waals surface area (Å²) in [6, 6.07) is 6.79. The largest absolute Gasteiger partial charge is 0.488 e. The summed E-state index contributed by atoms with van der Waals surface area (Å²) in [6.45, 7) is 1.84. The van der Waals surface area contributed by atoms with E-state index < -0.39 is 0 Å². The highest BCUT2D eigenvalue weighted by Gasteiger charge is 2.14. The van der Waals surface area contributed by atoms with Gasteiger partial charge in [-0.05, 0) is 25.1 Å². The number of nitrogens with one attached hydrogen (secondary N) is 1. The number of benzene rings is 1. The van der Waals surface area contributed by atoms with Crippen molar-refractivity contribution in [2.75, 3.05) is 0 Å². The van der Waals surface area contributed by atoms with Gasteiger partial charge in [0, 0.05) is 5.02 Å². The highest BCUT2D eigenvalue weighted by atomic mass is 35.5. The third-order valence-electron chi connectivity index (χ3n) is 1.95. The van der Waals surface area contributed by atoms with Gasteiger partial charge in [0.1, 0.15) is 17.9 Å². The second-order valence-corrected chi connectivity index (χ2v) is 3.53. The molecule has 0 radical (unpaired) electrons. The van der Waals surface area contributed by atoms with Crippen molar-refractivity contribution in [1.82, 2.24) is 5.43 Å². The fourth-order valence-electron chi connectivity index (χ4n) is 1.14. The minimum atomic E-state index is -0.330. The van der Waals surface area contributed by atoms with Gasteiger partial charge in [0.25, 0.3) is 0 Å². The van der Waals surface area contributed by atoms with Crippen molar-refractivity contribution in [2.24, 2.45) is 5.84 Å². The first-order valence-electron chi connectivity index (χ1n) is 4.52. The van der Waals surface area contributed by atoms with Crippen LogP contribution in [0.15, 0.2) is 24.3 Å². The lowest BCUT2D eigenvalue weighted by molar-refractivity contribution is 0.194. The molecule has 0 aliphatic rings. The van der Waals surface area contributed by atoms with Gasteiger partial charge in [0.2, 0.25) is 0 Å². The second kappa shape index (κ2) is 5.62. The first kappa shape index (κ1) is 11.9. The Kier molecular flexibility index (Phi) is 4.44. The standard InChI is InChI=1S/C11H13ClN2O/c1-3-11(14-13)8(2)15-10-6-4-5-9(12)7-10/h1,4-8,11,14H,13H2,2H3. The van der Waals surface area contributed by atoms with E-state index in [0.717, 1.165) is 0 Å². The SMILES string of the molecule is C#CC(NN)C(C)Oc1cccc(Cl)c1. The summed E-state index contributed by atoms with van der Waals surface area (Å²) in [5, 5.41) is 0.623. The Balaban J connectivity index is 2.66. The third kappa shape index (κ3) is 3.45. The molecule has 4 heteroatoms. The summed E-state index contributed by atoms with van der Waals surface area (Å²) in [7, 11) is 0. The second-order valence-electron chi connectivity index (χ2n) is 3.09. The zero-order chi connectivity index (χ0) is 11.3. The van der Waals surface area contributed by atoms with Crippen LogP contribution in [0.2, 0.25) is 5.02 Å². The molecule has 1 aromatic rings. The van der Waals surface area contributed by atoms with E-state index in [1.165, 1.54) is 0 Å². The predicted octanol–water partition coefficient (Wildman–Crippen LogP) is 1.57. The van der Waals surface area contributed by atoms with E-state index in [9.17, 15) is 0 Å². The maximum Gasteiger partial charge on any atom is 0.124 e. The molecule has 0 spiro atoms. The molecule has 80 valence electrons.